The van der Waals surface area contributed by atoms with Crippen LogP contribution in [0.15, 0.2) is 42.5 Å². The molecule has 0 bridgehead atoms. The summed E-state index contributed by atoms with van der Waals surface area (Å²) in [6.07, 6.45) is -4.44. The molecule has 0 aromatic heterocycles. The van der Waals surface area contributed by atoms with E-state index in [-0.39, 0.29) is 10.8 Å². The zero-order chi connectivity index (χ0) is 17.0. The van der Waals surface area contributed by atoms with Crippen LogP contribution in [0.25, 0.3) is 0 Å². The molecule has 0 atom stereocenters. The van der Waals surface area contributed by atoms with Crippen LogP contribution in [0, 0.1) is 13.8 Å². The summed E-state index contributed by atoms with van der Waals surface area (Å²) < 4.78 is 38.7. The number of nitrogens with one attached hydrogen (secondary N) is 3. The quantitative estimate of drug-likeness (QED) is 0.563. The Morgan fingerprint density at radius 1 is 0.957 bits per heavy atom. The second-order valence-electron chi connectivity index (χ2n) is 4.99. The first-order valence-electron chi connectivity index (χ1n) is 6.84. The van der Waals surface area contributed by atoms with Crippen molar-refractivity contribution in [3.63, 3.8) is 0 Å². The van der Waals surface area contributed by atoms with E-state index in [2.05, 4.69) is 16.2 Å². The number of benzene rings is 2. The summed E-state index contributed by atoms with van der Waals surface area (Å²) in [5.74, 6) is 0. The van der Waals surface area contributed by atoms with Crippen molar-refractivity contribution in [1.82, 2.24) is 5.43 Å². The molecule has 3 nitrogen and oxygen atoms in total. The van der Waals surface area contributed by atoms with Gasteiger partial charge in [0.05, 0.1) is 11.3 Å². The smallest absolute Gasteiger partial charge is 0.331 e. The van der Waals surface area contributed by atoms with Crippen LogP contribution < -0.4 is 16.2 Å². The van der Waals surface area contributed by atoms with E-state index in [0.29, 0.717) is 0 Å². The van der Waals surface area contributed by atoms with Gasteiger partial charge in [-0.3, -0.25) is 10.9 Å². The molecule has 2 aromatic carbocycles. The van der Waals surface area contributed by atoms with Crippen LogP contribution in [-0.4, -0.2) is 5.11 Å². The number of halogens is 3. The molecule has 23 heavy (non-hydrogen) atoms. The average Bonchev–Trinajstić information content (AvgIpc) is 2.49. The van der Waals surface area contributed by atoms with Gasteiger partial charge in [-0.25, -0.2) is 0 Å². The number of hydrogen-bond donors (Lipinski definition) is 3. The van der Waals surface area contributed by atoms with Gasteiger partial charge in [-0.05, 0) is 55.4 Å². The van der Waals surface area contributed by atoms with Crippen molar-refractivity contribution in [2.75, 3.05) is 10.7 Å². The largest absolute Gasteiger partial charge is 0.418 e. The first-order valence-corrected chi connectivity index (χ1v) is 7.25. The van der Waals surface area contributed by atoms with Crippen molar-refractivity contribution in [2.24, 2.45) is 0 Å². The van der Waals surface area contributed by atoms with Gasteiger partial charge in [-0.2, -0.15) is 13.2 Å². The Labute approximate surface area is 137 Å². The molecule has 0 radical (unpaired) electrons. The highest BCUT2D eigenvalue weighted by Crippen LogP contribution is 2.34. The van der Waals surface area contributed by atoms with Gasteiger partial charge in [0.25, 0.3) is 0 Å². The Kier molecular flexibility index (Phi) is 5.10. The number of hydrazine groups is 1. The highest BCUT2D eigenvalue weighted by molar-refractivity contribution is 7.80. The van der Waals surface area contributed by atoms with Crippen LogP contribution in [-0.2, 0) is 6.18 Å². The van der Waals surface area contributed by atoms with Crippen molar-refractivity contribution in [3.8, 4) is 0 Å². The molecule has 2 rings (SSSR count). The third kappa shape index (κ3) is 4.35. The molecule has 2 aromatic rings. The van der Waals surface area contributed by atoms with Crippen LogP contribution >= 0.6 is 12.2 Å². The fraction of sp³-hybridized carbons (Fsp3) is 0.188. The van der Waals surface area contributed by atoms with Gasteiger partial charge in [0.15, 0.2) is 5.11 Å². The summed E-state index contributed by atoms with van der Waals surface area (Å²) in [4.78, 5) is 0. The van der Waals surface area contributed by atoms with E-state index >= 15 is 0 Å². The number of hydrogen-bond acceptors (Lipinski definition) is 2. The number of aryl methyl sites for hydroxylation is 1. The second kappa shape index (κ2) is 6.87. The fourth-order valence-corrected chi connectivity index (χ4v) is 2.16. The standard InChI is InChI=1S/C16H16F3N3S/c1-10-6-5-9-13(11(10)2)20-15(23)22-21-14-8-4-3-7-12(14)16(17,18)19/h3-9,21H,1-2H3,(H2,20,22,23). The van der Waals surface area contributed by atoms with E-state index in [1.54, 1.807) is 0 Å². The summed E-state index contributed by atoms with van der Waals surface area (Å²) >= 11 is 5.11. The molecule has 0 spiro atoms. The SMILES string of the molecule is Cc1cccc(NC(=S)NNc2ccccc2C(F)(F)F)c1C. The Balaban J connectivity index is 2.04. The topological polar surface area (TPSA) is 36.1 Å². The Bertz CT molecular complexity index is 714. The van der Waals surface area contributed by atoms with E-state index in [4.69, 9.17) is 12.2 Å². The van der Waals surface area contributed by atoms with Crippen molar-refractivity contribution in [1.29, 1.82) is 0 Å². The first-order chi connectivity index (χ1) is 10.8. The molecule has 3 N–H and O–H groups in total. The lowest BCUT2D eigenvalue weighted by Crippen LogP contribution is -2.34. The summed E-state index contributed by atoms with van der Waals surface area (Å²) in [6, 6.07) is 10.9. The molecule has 0 amide bonds. The predicted octanol–water partition coefficient (Wildman–Crippen LogP) is 4.64. The molecule has 0 unspecified atom stereocenters. The van der Waals surface area contributed by atoms with Crippen LogP contribution in [0.4, 0.5) is 24.5 Å². The lowest BCUT2D eigenvalue weighted by atomic mass is 10.1. The highest BCUT2D eigenvalue weighted by Gasteiger charge is 2.33. The Morgan fingerprint density at radius 2 is 1.61 bits per heavy atom. The molecule has 0 aliphatic carbocycles. The molecule has 0 aliphatic rings. The number of alkyl halides is 3. The Hall–Kier alpha value is -2.28. The lowest BCUT2D eigenvalue weighted by Gasteiger charge is -2.17. The van der Waals surface area contributed by atoms with Crippen molar-refractivity contribution < 1.29 is 13.2 Å². The zero-order valence-corrected chi connectivity index (χ0v) is 13.4. The molecule has 0 saturated heterocycles. The minimum atomic E-state index is -4.44. The Morgan fingerprint density at radius 3 is 2.30 bits per heavy atom. The summed E-state index contributed by atoms with van der Waals surface area (Å²) in [5, 5.41) is 3.13. The van der Waals surface area contributed by atoms with Crippen molar-refractivity contribution in [3.05, 3.63) is 59.2 Å². The maximum absolute atomic E-state index is 12.9. The predicted molar refractivity (Wildman–Crippen MR) is 90.3 cm³/mol. The molecule has 0 saturated carbocycles. The fourth-order valence-electron chi connectivity index (χ4n) is 2.00. The third-order valence-corrected chi connectivity index (χ3v) is 3.60. The van der Waals surface area contributed by atoms with Crippen molar-refractivity contribution >= 4 is 28.7 Å². The minimum absolute atomic E-state index is 0.0925. The van der Waals surface area contributed by atoms with Crippen LogP contribution in [0.2, 0.25) is 0 Å². The molecular weight excluding hydrogens is 323 g/mol. The molecule has 0 fully saturated rings. The second-order valence-corrected chi connectivity index (χ2v) is 5.40. The van der Waals surface area contributed by atoms with Gasteiger partial charge in [-0.15, -0.1) is 0 Å². The van der Waals surface area contributed by atoms with Gasteiger partial charge in [0.1, 0.15) is 0 Å². The number of para-hydroxylation sites is 1. The summed E-state index contributed by atoms with van der Waals surface area (Å²) in [6.45, 7) is 3.90. The maximum atomic E-state index is 12.9. The van der Waals surface area contributed by atoms with Gasteiger partial charge in [-0.1, -0.05) is 24.3 Å². The van der Waals surface area contributed by atoms with Crippen LogP contribution in [0.3, 0.4) is 0 Å². The molecule has 0 heterocycles. The van der Waals surface area contributed by atoms with E-state index in [9.17, 15) is 13.2 Å². The van der Waals surface area contributed by atoms with E-state index in [1.165, 1.54) is 18.2 Å². The summed E-state index contributed by atoms with van der Waals surface area (Å²) in [5.41, 5.74) is 7.13. The average molecular weight is 339 g/mol. The third-order valence-electron chi connectivity index (χ3n) is 3.40. The zero-order valence-electron chi connectivity index (χ0n) is 12.6. The van der Waals surface area contributed by atoms with E-state index in [0.717, 1.165) is 22.9 Å². The van der Waals surface area contributed by atoms with Gasteiger partial charge in [0.2, 0.25) is 0 Å². The van der Waals surface area contributed by atoms with Crippen LogP contribution in [0.1, 0.15) is 16.7 Å². The lowest BCUT2D eigenvalue weighted by molar-refractivity contribution is -0.137. The highest BCUT2D eigenvalue weighted by atomic mass is 32.1. The number of anilines is 2. The van der Waals surface area contributed by atoms with Crippen LogP contribution in [0.5, 0.6) is 0 Å². The minimum Gasteiger partial charge on any atom is -0.331 e. The molecule has 0 aliphatic heterocycles. The number of rotatable bonds is 3. The molecule has 122 valence electrons. The van der Waals surface area contributed by atoms with Gasteiger partial charge >= 0.3 is 6.18 Å². The molecule has 7 heteroatoms. The molecular formula is C16H16F3N3S. The van der Waals surface area contributed by atoms with Gasteiger partial charge in [0, 0.05) is 5.69 Å². The van der Waals surface area contributed by atoms with E-state index < -0.39 is 11.7 Å². The van der Waals surface area contributed by atoms with E-state index in [1.807, 2.05) is 32.0 Å². The monoisotopic (exact) mass is 339 g/mol. The van der Waals surface area contributed by atoms with Crippen molar-refractivity contribution in [2.45, 2.75) is 20.0 Å². The number of thiocarbonyl (C=S) groups is 1. The summed E-state index contributed by atoms with van der Waals surface area (Å²) in [7, 11) is 0. The van der Waals surface area contributed by atoms with Gasteiger partial charge < -0.3 is 5.32 Å². The maximum Gasteiger partial charge on any atom is 0.418 e. The first kappa shape index (κ1) is 17.1. The normalized spacial score (nSPS) is 11.0.